The fraction of sp³-hybridized carbons (Fsp3) is 0.333. The average Bonchev–Trinajstić information content (AvgIpc) is 3.13. The molecule has 8 heteroatoms. The molecule has 0 unspecified atom stereocenters. The van der Waals surface area contributed by atoms with Crippen LogP contribution in [0.4, 0.5) is 18.4 Å². The van der Waals surface area contributed by atoms with Crippen LogP contribution in [0.2, 0.25) is 0 Å². The van der Waals surface area contributed by atoms with Crippen molar-refractivity contribution in [2.45, 2.75) is 12.5 Å². The molecule has 1 aromatic carbocycles. The summed E-state index contributed by atoms with van der Waals surface area (Å²) < 4.78 is 31.1. The van der Waals surface area contributed by atoms with Gasteiger partial charge in [0, 0.05) is 12.6 Å². The predicted octanol–water partition coefficient (Wildman–Crippen LogP) is 1.83. The first-order valence-corrected chi connectivity index (χ1v) is 7.18. The summed E-state index contributed by atoms with van der Waals surface area (Å²) >= 11 is 0. The molecule has 0 radical (unpaired) electrons. The van der Waals surface area contributed by atoms with Crippen LogP contribution in [0, 0.1) is 11.6 Å². The lowest BCUT2D eigenvalue weighted by molar-refractivity contribution is 0.158. The minimum atomic E-state index is -1.00. The number of benzene rings is 1. The van der Waals surface area contributed by atoms with Crippen LogP contribution in [-0.4, -0.2) is 42.8 Å². The maximum atomic E-state index is 13.3. The largest absolute Gasteiger partial charge is 0.442 e. The molecule has 0 bridgehead atoms. The first-order chi connectivity index (χ1) is 11.0. The van der Waals surface area contributed by atoms with Crippen molar-refractivity contribution in [2.24, 2.45) is 0 Å². The number of imide groups is 1. The Kier molecular flexibility index (Phi) is 4.24. The molecular formula is C15H15F2N3O3. The number of halogens is 2. The van der Waals surface area contributed by atoms with Crippen molar-refractivity contribution in [3.05, 3.63) is 41.1 Å². The van der Waals surface area contributed by atoms with Crippen molar-refractivity contribution in [3.8, 4) is 0 Å². The maximum Gasteiger partial charge on any atom is 0.422 e. The van der Waals surface area contributed by atoms with Gasteiger partial charge in [0.25, 0.3) is 0 Å². The molecule has 0 aromatic heterocycles. The second kappa shape index (κ2) is 6.33. The number of carbonyl (C=O) groups is 2. The number of urea groups is 1. The van der Waals surface area contributed by atoms with E-state index < -0.39 is 23.8 Å². The van der Waals surface area contributed by atoms with Crippen molar-refractivity contribution in [1.82, 2.24) is 15.5 Å². The highest BCUT2D eigenvalue weighted by Gasteiger charge is 2.34. The first-order valence-electron chi connectivity index (χ1n) is 7.18. The van der Waals surface area contributed by atoms with E-state index in [4.69, 9.17) is 4.74 Å². The Labute approximate surface area is 131 Å². The van der Waals surface area contributed by atoms with Crippen LogP contribution >= 0.6 is 0 Å². The minimum absolute atomic E-state index is 0.0552. The van der Waals surface area contributed by atoms with Crippen LogP contribution in [0.5, 0.6) is 0 Å². The summed E-state index contributed by atoms with van der Waals surface area (Å²) in [7, 11) is 0. The number of ether oxygens (including phenoxy) is 1. The van der Waals surface area contributed by atoms with Crippen molar-refractivity contribution < 1.29 is 23.1 Å². The Morgan fingerprint density at radius 3 is 2.91 bits per heavy atom. The Bertz CT molecular complexity index is 672. The highest BCUT2D eigenvalue weighted by Crippen LogP contribution is 2.21. The molecule has 1 aromatic rings. The molecule has 2 fully saturated rings. The van der Waals surface area contributed by atoms with E-state index in [1.54, 1.807) is 0 Å². The van der Waals surface area contributed by atoms with Gasteiger partial charge in [-0.3, -0.25) is 0 Å². The predicted molar refractivity (Wildman–Crippen MR) is 77.3 cm³/mol. The molecule has 2 saturated heterocycles. The molecule has 2 aliphatic heterocycles. The quantitative estimate of drug-likeness (QED) is 0.871. The zero-order valence-corrected chi connectivity index (χ0v) is 12.1. The molecule has 23 heavy (non-hydrogen) atoms. The second-order valence-electron chi connectivity index (χ2n) is 5.34. The fourth-order valence-electron chi connectivity index (χ4n) is 2.51. The molecule has 2 heterocycles. The Morgan fingerprint density at radius 2 is 2.22 bits per heavy atom. The third-order valence-electron chi connectivity index (χ3n) is 3.68. The van der Waals surface area contributed by atoms with Crippen molar-refractivity contribution >= 4 is 18.2 Å². The number of nitrogens with one attached hydrogen (secondary N) is 2. The lowest BCUT2D eigenvalue weighted by Crippen LogP contribution is -2.45. The van der Waals surface area contributed by atoms with Crippen molar-refractivity contribution in [3.63, 3.8) is 0 Å². The maximum absolute atomic E-state index is 13.3. The van der Waals surface area contributed by atoms with Crippen molar-refractivity contribution in [1.29, 1.82) is 0 Å². The van der Waals surface area contributed by atoms with Crippen LogP contribution in [0.1, 0.15) is 12.0 Å². The summed E-state index contributed by atoms with van der Waals surface area (Å²) in [6.07, 6.45) is 1.40. The molecular weight excluding hydrogens is 308 g/mol. The summed E-state index contributed by atoms with van der Waals surface area (Å²) in [6.45, 7) is 1.33. The number of rotatable bonds is 2. The third kappa shape index (κ3) is 3.31. The molecule has 3 amide bonds. The van der Waals surface area contributed by atoms with E-state index in [1.807, 2.05) is 0 Å². The summed E-state index contributed by atoms with van der Waals surface area (Å²) in [5.41, 5.74) is 0.599. The Balaban J connectivity index is 1.79. The molecule has 0 saturated carbocycles. The minimum Gasteiger partial charge on any atom is -0.442 e. The summed E-state index contributed by atoms with van der Waals surface area (Å²) in [6, 6.07) is 2.68. The van der Waals surface area contributed by atoms with E-state index in [1.165, 1.54) is 12.1 Å². The first kappa shape index (κ1) is 15.4. The van der Waals surface area contributed by atoms with Gasteiger partial charge >= 0.3 is 12.1 Å². The topological polar surface area (TPSA) is 70.7 Å². The summed E-state index contributed by atoms with van der Waals surface area (Å²) in [4.78, 5) is 24.9. The van der Waals surface area contributed by atoms with Gasteiger partial charge in [0.1, 0.15) is 6.61 Å². The van der Waals surface area contributed by atoms with E-state index in [0.29, 0.717) is 12.1 Å². The van der Waals surface area contributed by atoms with Crippen LogP contribution in [0.3, 0.4) is 0 Å². The molecule has 1 atom stereocenters. The average molecular weight is 323 g/mol. The molecule has 6 nitrogen and oxygen atoms in total. The second-order valence-corrected chi connectivity index (χ2v) is 5.34. The van der Waals surface area contributed by atoms with E-state index in [9.17, 15) is 18.4 Å². The van der Waals surface area contributed by atoms with Crippen LogP contribution in [0.25, 0.3) is 6.08 Å². The SMILES string of the molecule is O=C(N[C@@H]1CCNC1)N1C(=O)OCC1=Cc1ccc(F)c(F)c1. The van der Waals surface area contributed by atoms with E-state index >= 15 is 0 Å². The number of hydrogen-bond donors (Lipinski definition) is 2. The summed E-state index contributed by atoms with van der Waals surface area (Å²) in [5.74, 6) is -1.97. The van der Waals surface area contributed by atoms with Gasteiger partial charge in [0.05, 0.1) is 5.70 Å². The number of hydrogen-bond acceptors (Lipinski definition) is 4. The van der Waals surface area contributed by atoms with Crippen molar-refractivity contribution in [2.75, 3.05) is 19.7 Å². The third-order valence-corrected chi connectivity index (χ3v) is 3.68. The normalized spacial score (nSPS) is 22.5. The molecule has 122 valence electrons. The molecule has 2 N–H and O–H groups in total. The monoisotopic (exact) mass is 323 g/mol. The summed E-state index contributed by atoms with van der Waals surface area (Å²) in [5, 5.41) is 5.84. The van der Waals surface area contributed by atoms with Gasteiger partial charge in [0.2, 0.25) is 0 Å². The van der Waals surface area contributed by atoms with Gasteiger partial charge in [-0.2, -0.15) is 4.90 Å². The van der Waals surface area contributed by atoms with Gasteiger partial charge in [-0.15, -0.1) is 0 Å². The van der Waals surface area contributed by atoms with Crippen LogP contribution in [0.15, 0.2) is 23.9 Å². The number of nitrogens with zero attached hydrogens (tertiary/aromatic N) is 1. The lowest BCUT2D eigenvalue weighted by Gasteiger charge is -2.17. The number of amides is 3. The molecule has 2 aliphatic rings. The van der Waals surface area contributed by atoms with Gasteiger partial charge in [-0.25, -0.2) is 18.4 Å². The standard InChI is InChI=1S/C15H15F2N3O3/c16-12-2-1-9(6-13(12)17)5-11-8-23-15(22)20(11)14(21)19-10-3-4-18-7-10/h1-2,5-6,10,18H,3-4,7-8H2,(H,19,21)/t10-/m1/s1. The molecule has 0 aliphatic carbocycles. The molecule has 0 spiro atoms. The number of carbonyl (C=O) groups excluding carboxylic acids is 2. The lowest BCUT2D eigenvalue weighted by atomic mass is 10.2. The van der Waals surface area contributed by atoms with Gasteiger partial charge in [-0.05, 0) is 36.7 Å². The highest BCUT2D eigenvalue weighted by atomic mass is 19.2. The Morgan fingerprint density at radius 1 is 1.39 bits per heavy atom. The van der Waals surface area contributed by atoms with Crippen LogP contribution < -0.4 is 10.6 Å². The fourth-order valence-corrected chi connectivity index (χ4v) is 2.51. The van der Waals surface area contributed by atoms with E-state index in [-0.39, 0.29) is 18.3 Å². The number of cyclic esters (lactones) is 1. The van der Waals surface area contributed by atoms with Crippen LogP contribution in [-0.2, 0) is 4.74 Å². The van der Waals surface area contributed by atoms with Gasteiger partial charge in [0.15, 0.2) is 11.6 Å². The van der Waals surface area contributed by atoms with E-state index in [2.05, 4.69) is 10.6 Å². The zero-order valence-electron chi connectivity index (χ0n) is 12.1. The Hall–Kier alpha value is -2.48. The van der Waals surface area contributed by atoms with E-state index in [0.717, 1.165) is 30.0 Å². The molecule has 3 rings (SSSR count). The highest BCUT2D eigenvalue weighted by molar-refractivity contribution is 5.96. The van der Waals surface area contributed by atoms with Gasteiger partial charge in [-0.1, -0.05) is 6.07 Å². The zero-order chi connectivity index (χ0) is 16.4. The smallest absolute Gasteiger partial charge is 0.422 e. The van der Waals surface area contributed by atoms with Gasteiger partial charge < -0.3 is 15.4 Å².